The van der Waals surface area contributed by atoms with Gasteiger partial charge in [0.1, 0.15) is 6.61 Å². The Labute approximate surface area is 102 Å². The quantitative estimate of drug-likeness (QED) is 0.393. The molecule has 1 atom stereocenters. The van der Waals surface area contributed by atoms with Gasteiger partial charge in [-0.2, -0.15) is 0 Å². The van der Waals surface area contributed by atoms with E-state index >= 15 is 0 Å². The van der Waals surface area contributed by atoms with Crippen molar-refractivity contribution in [3.8, 4) is 0 Å². The topological polar surface area (TPSA) is 91.0 Å². The number of nitrogens with two attached hydrogens (primary N) is 1. The summed E-state index contributed by atoms with van der Waals surface area (Å²) in [7, 11) is 3.11. The molecule has 102 valence electrons. The van der Waals surface area contributed by atoms with Crippen LogP contribution in [-0.4, -0.2) is 50.8 Å². The van der Waals surface area contributed by atoms with Gasteiger partial charge in [0, 0.05) is 26.3 Å². The van der Waals surface area contributed by atoms with E-state index in [1.807, 2.05) is 0 Å². The largest absolute Gasteiger partial charge is 0.460 e. The Hall–Kier alpha value is -0.950. The van der Waals surface area contributed by atoms with Crippen LogP contribution in [0.5, 0.6) is 0 Å². The van der Waals surface area contributed by atoms with E-state index in [2.05, 4.69) is 11.3 Å². The molecule has 0 rings (SSSR count). The lowest BCUT2D eigenvalue weighted by Crippen LogP contribution is -2.23. The van der Waals surface area contributed by atoms with Crippen LogP contribution in [0, 0.1) is 0 Å². The predicted octanol–water partition coefficient (Wildman–Crippen LogP) is 0.0505. The van der Waals surface area contributed by atoms with Crippen molar-refractivity contribution in [3.63, 3.8) is 0 Å². The average molecular weight is 249 g/mol. The average Bonchev–Trinajstić information content (AvgIpc) is 2.28. The fraction of sp³-hybridized carbons (Fsp3) is 0.727. The molecule has 0 aliphatic rings. The van der Waals surface area contributed by atoms with E-state index in [1.165, 1.54) is 0 Å². The Kier molecular flexibility index (Phi) is 12.5. The summed E-state index contributed by atoms with van der Waals surface area (Å²) in [5.41, 5.74) is 5.49. The van der Waals surface area contributed by atoms with Crippen molar-refractivity contribution in [2.75, 3.05) is 27.4 Å². The van der Waals surface area contributed by atoms with E-state index in [-0.39, 0.29) is 12.9 Å². The second kappa shape index (κ2) is 11.5. The number of carbonyl (C=O) groups is 1. The molecule has 1 unspecified atom stereocenters. The van der Waals surface area contributed by atoms with E-state index in [4.69, 9.17) is 20.3 Å². The fourth-order valence-corrected chi connectivity index (χ4v) is 0.608. The molecule has 6 nitrogen and oxygen atoms in total. The van der Waals surface area contributed by atoms with Gasteiger partial charge in [-0.25, -0.2) is 4.79 Å². The molecule has 0 aliphatic carbocycles. The molecular formula is C11H23NO5. The van der Waals surface area contributed by atoms with Crippen molar-refractivity contribution < 1.29 is 24.1 Å². The van der Waals surface area contributed by atoms with Crippen LogP contribution in [0.2, 0.25) is 0 Å². The van der Waals surface area contributed by atoms with Crippen molar-refractivity contribution in [3.05, 3.63) is 12.2 Å². The van der Waals surface area contributed by atoms with Crippen LogP contribution in [0.4, 0.5) is 0 Å². The highest BCUT2D eigenvalue weighted by atomic mass is 16.7. The van der Waals surface area contributed by atoms with E-state index in [0.717, 1.165) is 0 Å². The maximum absolute atomic E-state index is 10.6. The number of aliphatic hydroxyl groups is 1. The first kappa shape index (κ1) is 18.4. The van der Waals surface area contributed by atoms with E-state index < -0.39 is 12.1 Å². The molecular weight excluding hydrogens is 226 g/mol. The summed E-state index contributed by atoms with van der Waals surface area (Å²) < 4.78 is 14.0. The summed E-state index contributed by atoms with van der Waals surface area (Å²) in [5, 5.41) is 8.68. The van der Waals surface area contributed by atoms with Gasteiger partial charge in [-0.05, 0) is 13.8 Å². The summed E-state index contributed by atoms with van der Waals surface area (Å²) in [6.07, 6.45) is -0.844. The first-order valence-electron chi connectivity index (χ1n) is 5.15. The molecule has 3 N–H and O–H groups in total. The van der Waals surface area contributed by atoms with Gasteiger partial charge in [0.2, 0.25) is 0 Å². The number of methoxy groups -OCH3 is 2. The zero-order chi connectivity index (χ0) is 13.8. The molecule has 0 aromatic rings. The van der Waals surface area contributed by atoms with Gasteiger partial charge in [-0.3, -0.25) is 0 Å². The highest BCUT2D eigenvalue weighted by Crippen LogP contribution is 1.92. The molecule has 0 saturated heterocycles. The van der Waals surface area contributed by atoms with Crippen molar-refractivity contribution in [1.29, 1.82) is 0 Å². The minimum atomic E-state index is -0.608. The molecule has 0 amide bonds. The number of carbonyl (C=O) groups excluding carboxylic acids is 1. The van der Waals surface area contributed by atoms with Gasteiger partial charge < -0.3 is 25.1 Å². The molecule has 0 spiro atoms. The maximum atomic E-state index is 10.6. The predicted molar refractivity (Wildman–Crippen MR) is 64.3 cm³/mol. The molecule has 0 radical (unpaired) electrons. The van der Waals surface area contributed by atoms with Crippen molar-refractivity contribution in [2.45, 2.75) is 26.2 Å². The van der Waals surface area contributed by atoms with E-state index in [9.17, 15) is 4.79 Å². The number of esters is 1. The summed E-state index contributed by atoms with van der Waals surface area (Å²) in [4.78, 5) is 10.6. The van der Waals surface area contributed by atoms with Gasteiger partial charge in [-0.1, -0.05) is 6.58 Å². The SMILES string of the molecule is C=C(C)C(=O)OCC(C)O.COC(CN)OC. The smallest absolute Gasteiger partial charge is 0.333 e. The summed E-state index contributed by atoms with van der Waals surface area (Å²) in [6.45, 7) is 6.93. The maximum Gasteiger partial charge on any atom is 0.333 e. The first-order chi connectivity index (χ1) is 7.88. The number of rotatable bonds is 6. The minimum Gasteiger partial charge on any atom is -0.460 e. The highest BCUT2D eigenvalue weighted by molar-refractivity contribution is 5.86. The molecule has 0 aromatic heterocycles. The Balaban J connectivity index is 0. The minimum absolute atomic E-state index is 0.0334. The Morgan fingerprint density at radius 1 is 1.41 bits per heavy atom. The molecule has 6 heteroatoms. The molecule has 0 aromatic carbocycles. The van der Waals surface area contributed by atoms with E-state index in [1.54, 1.807) is 28.1 Å². The third-order valence-corrected chi connectivity index (χ3v) is 1.52. The molecule has 0 bridgehead atoms. The number of ether oxygens (including phenoxy) is 3. The van der Waals surface area contributed by atoms with Crippen LogP contribution in [0.15, 0.2) is 12.2 Å². The lowest BCUT2D eigenvalue weighted by Gasteiger charge is -2.08. The van der Waals surface area contributed by atoms with Crippen LogP contribution in [0.25, 0.3) is 0 Å². The van der Waals surface area contributed by atoms with Crippen LogP contribution < -0.4 is 5.73 Å². The standard InChI is InChI=1S/C7H12O3.C4H11NO2/c1-5(2)7(9)10-4-6(3)8;1-6-4(3-5)7-2/h6,8H,1,4H2,2-3H3;4H,3,5H2,1-2H3. The summed E-state index contributed by atoms with van der Waals surface area (Å²) in [5.74, 6) is -0.457. The van der Waals surface area contributed by atoms with Crippen molar-refractivity contribution >= 4 is 5.97 Å². The molecule has 0 fully saturated rings. The van der Waals surface area contributed by atoms with Crippen LogP contribution in [-0.2, 0) is 19.0 Å². The third kappa shape index (κ3) is 13.0. The summed E-state index contributed by atoms with van der Waals surface area (Å²) >= 11 is 0. The number of hydrogen-bond acceptors (Lipinski definition) is 6. The molecule has 0 heterocycles. The second-order valence-corrected chi connectivity index (χ2v) is 3.36. The summed E-state index contributed by atoms with van der Waals surface area (Å²) in [6, 6.07) is 0. The number of hydrogen-bond donors (Lipinski definition) is 2. The van der Waals surface area contributed by atoms with Crippen LogP contribution in [0.1, 0.15) is 13.8 Å². The molecule has 0 saturated carbocycles. The van der Waals surface area contributed by atoms with Crippen molar-refractivity contribution in [1.82, 2.24) is 0 Å². The van der Waals surface area contributed by atoms with Gasteiger partial charge in [-0.15, -0.1) is 0 Å². The second-order valence-electron chi connectivity index (χ2n) is 3.36. The number of aliphatic hydroxyl groups excluding tert-OH is 1. The van der Waals surface area contributed by atoms with E-state index in [0.29, 0.717) is 12.1 Å². The Bertz CT molecular complexity index is 208. The lowest BCUT2D eigenvalue weighted by molar-refractivity contribution is -0.141. The fourth-order valence-electron chi connectivity index (χ4n) is 0.608. The van der Waals surface area contributed by atoms with Gasteiger partial charge in [0.15, 0.2) is 6.29 Å². The zero-order valence-corrected chi connectivity index (χ0v) is 10.9. The normalized spacial score (nSPS) is 11.5. The van der Waals surface area contributed by atoms with Crippen LogP contribution >= 0.6 is 0 Å². The zero-order valence-electron chi connectivity index (χ0n) is 10.9. The van der Waals surface area contributed by atoms with Crippen LogP contribution in [0.3, 0.4) is 0 Å². The monoisotopic (exact) mass is 249 g/mol. The first-order valence-corrected chi connectivity index (χ1v) is 5.15. The highest BCUT2D eigenvalue weighted by Gasteiger charge is 2.03. The third-order valence-electron chi connectivity index (χ3n) is 1.52. The Morgan fingerprint density at radius 2 is 1.88 bits per heavy atom. The van der Waals surface area contributed by atoms with Gasteiger partial charge >= 0.3 is 5.97 Å². The van der Waals surface area contributed by atoms with Crippen molar-refractivity contribution in [2.24, 2.45) is 5.73 Å². The van der Waals surface area contributed by atoms with Gasteiger partial charge in [0.05, 0.1) is 6.10 Å². The van der Waals surface area contributed by atoms with Gasteiger partial charge in [0.25, 0.3) is 0 Å². The molecule has 0 aliphatic heterocycles. The molecule has 17 heavy (non-hydrogen) atoms. The Morgan fingerprint density at radius 3 is 2.06 bits per heavy atom. The lowest BCUT2D eigenvalue weighted by atomic mass is 10.3.